The van der Waals surface area contributed by atoms with Gasteiger partial charge >= 0.3 is 5.97 Å². The second-order valence-corrected chi connectivity index (χ2v) is 4.76. The molecule has 1 heterocycles. The molecule has 0 aliphatic carbocycles. The molecule has 102 valence electrons. The fourth-order valence-electron chi connectivity index (χ4n) is 2.34. The van der Waals surface area contributed by atoms with Gasteiger partial charge in [0.05, 0.1) is 19.1 Å². The van der Waals surface area contributed by atoms with Crippen molar-refractivity contribution in [1.29, 1.82) is 0 Å². The van der Waals surface area contributed by atoms with Gasteiger partial charge in [0, 0.05) is 0 Å². The van der Waals surface area contributed by atoms with Crippen LogP contribution >= 0.6 is 0 Å². The summed E-state index contributed by atoms with van der Waals surface area (Å²) in [5, 5.41) is 11.9. The monoisotopic (exact) mass is 263 g/mol. The Labute approximate surface area is 111 Å². The summed E-state index contributed by atoms with van der Waals surface area (Å²) in [4.78, 5) is 21.8. The standard InChI is InChI=1S/C14H17NO4/c1-2-12(13(17)18)10-3-5-11(6-4-10)14(15-9-16)7-19-8-14/h3-6,9,12H,2,7-8H2,1H3,(H,15,16)(H,17,18). The van der Waals surface area contributed by atoms with Crippen LogP contribution < -0.4 is 5.32 Å². The van der Waals surface area contributed by atoms with Crippen LogP contribution in [-0.2, 0) is 19.9 Å². The van der Waals surface area contributed by atoms with Crippen LogP contribution in [0.2, 0.25) is 0 Å². The zero-order valence-electron chi connectivity index (χ0n) is 10.8. The van der Waals surface area contributed by atoms with Gasteiger partial charge in [0.25, 0.3) is 0 Å². The predicted molar refractivity (Wildman–Crippen MR) is 68.8 cm³/mol. The highest BCUT2D eigenvalue weighted by atomic mass is 16.5. The van der Waals surface area contributed by atoms with Crippen molar-refractivity contribution in [3.8, 4) is 0 Å². The number of rotatable bonds is 6. The van der Waals surface area contributed by atoms with E-state index in [1.807, 2.05) is 31.2 Å². The van der Waals surface area contributed by atoms with Gasteiger partial charge < -0.3 is 15.2 Å². The maximum absolute atomic E-state index is 11.1. The number of hydrogen-bond donors (Lipinski definition) is 2. The van der Waals surface area contributed by atoms with Gasteiger partial charge in [0.1, 0.15) is 5.54 Å². The van der Waals surface area contributed by atoms with Crippen LogP contribution in [0.25, 0.3) is 0 Å². The van der Waals surface area contributed by atoms with E-state index in [9.17, 15) is 9.59 Å². The minimum atomic E-state index is -0.817. The lowest BCUT2D eigenvalue weighted by atomic mass is 9.86. The molecule has 2 N–H and O–H groups in total. The number of carboxylic acids is 1. The fourth-order valence-corrected chi connectivity index (χ4v) is 2.34. The van der Waals surface area contributed by atoms with Gasteiger partial charge in [-0.2, -0.15) is 0 Å². The summed E-state index contributed by atoms with van der Waals surface area (Å²) in [5.74, 6) is -1.30. The predicted octanol–water partition coefficient (Wildman–Crippen LogP) is 1.24. The lowest BCUT2D eigenvalue weighted by Gasteiger charge is -2.41. The molecule has 2 rings (SSSR count). The van der Waals surface area contributed by atoms with Crippen molar-refractivity contribution < 1.29 is 19.4 Å². The summed E-state index contributed by atoms with van der Waals surface area (Å²) in [5.41, 5.74) is 1.26. The van der Waals surface area contributed by atoms with Crippen LogP contribution in [0.3, 0.4) is 0 Å². The largest absolute Gasteiger partial charge is 0.481 e. The van der Waals surface area contributed by atoms with Gasteiger partial charge in [-0.3, -0.25) is 9.59 Å². The molecule has 0 saturated carbocycles. The van der Waals surface area contributed by atoms with E-state index in [2.05, 4.69) is 5.32 Å². The first kappa shape index (κ1) is 13.5. The molecule has 1 aliphatic rings. The maximum atomic E-state index is 11.1. The Morgan fingerprint density at radius 1 is 1.47 bits per heavy atom. The van der Waals surface area contributed by atoms with Gasteiger partial charge in [0.15, 0.2) is 0 Å². The van der Waals surface area contributed by atoms with E-state index in [-0.39, 0.29) is 0 Å². The average Bonchev–Trinajstić information content (AvgIpc) is 2.35. The molecule has 1 aromatic rings. The van der Waals surface area contributed by atoms with Crippen LogP contribution in [-0.4, -0.2) is 30.7 Å². The zero-order chi connectivity index (χ0) is 13.9. The molecular formula is C14H17NO4. The lowest BCUT2D eigenvalue weighted by molar-refractivity contribution is -0.138. The molecule has 5 nitrogen and oxygen atoms in total. The minimum Gasteiger partial charge on any atom is -0.481 e. The molecule has 1 amide bonds. The van der Waals surface area contributed by atoms with Crippen molar-refractivity contribution in [3.63, 3.8) is 0 Å². The van der Waals surface area contributed by atoms with Gasteiger partial charge in [-0.25, -0.2) is 0 Å². The Bertz CT molecular complexity index is 465. The molecule has 19 heavy (non-hydrogen) atoms. The first-order valence-corrected chi connectivity index (χ1v) is 6.25. The molecule has 1 atom stereocenters. The van der Waals surface area contributed by atoms with E-state index in [4.69, 9.17) is 9.84 Å². The Morgan fingerprint density at radius 2 is 2.11 bits per heavy atom. The fraction of sp³-hybridized carbons (Fsp3) is 0.429. The summed E-state index contributed by atoms with van der Waals surface area (Å²) in [6.45, 7) is 2.74. The number of benzene rings is 1. The number of carbonyl (C=O) groups is 2. The van der Waals surface area contributed by atoms with E-state index in [1.165, 1.54) is 0 Å². The third-order valence-corrected chi connectivity index (χ3v) is 3.60. The highest BCUT2D eigenvalue weighted by Gasteiger charge is 2.40. The molecule has 1 aliphatic heterocycles. The topological polar surface area (TPSA) is 75.6 Å². The Balaban J connectivity index is 2.22. The summed E-state index contributed by atoms with van der Waals surface area (Å²) in [6, 6.07) is 7.34. The summed E-state index contributed by atoms with van der Waals surface area (Å²) in [7, 11) is 0. The van der Waals surface area contributed by atoms with Crippen molar-refractivity contribution >= 4 is 12.4 Å². The Morgan fingerprint density at radius 3 is 2.47 bits per heavy atom. The molecule has 0 aromatic heterocycles. The Kier molecular flexibility index (Phi) is 3.85. The summed E-state index contributed by atoms with van der Waals surface area (Å²) in [6.07, 6.45) is 1.22. The van der Waals surface area contributed by atoms with Crippen molar-refractivity contribution in [2.75, 3.05) is 13.2 Å². The number of carboxylic acid groups (broad SMARTS) is 1. The normalized spacial score (nSPS) is 18.2. The molecule has 1 fully saturated rings. The van der Waals surface area contributed by atoms with Gasteiger partial charge in [0.2, 0.25) is 6.41 Å². The number of carbonyl (C=O) groups excluding carboxylic acids is 1. The van der Waals surface area contributed by atoms with Crippen molar-refractivity contribution in [2.24, 2.45) is 0 Å². The third kappa shape index (κ3) is 2.46. The van der Waals surface area contributed by atoms with Crippen LogP contribution in [0.1, 0.15) is 30.4 Å². The van der Waals surface area contributed by atoms with Crippen molar-refractivity contribution in [3.05, 3.63) is 35.4 Å². The first-order valence-electron chi connectivity index (χ1n) is 6.25. The maximum Gasteiger partial charge on any atom is 0.310 e. The molecular weight excluding hydrogens is 246 g/mol. The van der Waals surface area contributed by atoms with Gasteiger partial charge in [-0.1, -0.05) is 31.2 Å². The minimum absolute atomic E-state index is 0.446. The van der Waals surface area contributed by atoms with Gasteiger partial charge in [-0.15, -0.1) is 0 Å². The van der Waals surface area contributed by atoms with Crippen LogP contribution in [0.5, 0.6) is 0 Å². The molecule has 0 bridgehead atoms. The van der Waals surface area contributed by atoms with E-state index >= 15 is 0 Å². The average molecular weight is 263 g/mol. The molecule has 1 unspecified atom stereocenters. The molecule has 0 spiro atoms. The van der Waals surface area contributed by atoms with Crippen LogP contribution in [0.4, 0.5) is 0 Å². The first-order chi connectivity index (χ1) is 9.13. The second kappa shape index (κ2) is 5.40. The van der Waals surface area contributed by atoms with Crippen LogP contribution in [0.15, 0.2) is 24.3 Å². The Hall–Kier alpha value is -1.88. The third-order valence-electron chi connectivity index (χ3n) is 3.60. The quantitative estimate of drug-likeness (QED) is 0.757. The molecule has 1 saturated heterocycles. The lowest BCUT2D eigenvalue weighted by Crippen LogP contribution is -2.57. The van der Waals surface area contributed by atoms with Gasteiger partial charge in [-0.05, 0) is 17.5 Å². The number of nitrogens with one attached hydrogen (secondary N) is 1. The second-order valence-electron chi connectivity index (χ2n) is 4.76. The molecule has 5 heteroatoms. The molecule has 0 radical (unpaired) electrons. The SMILES string of the molecule is CCC(C(=O)O)c1ccc(C2(NC=O)COC2)cc1. The number of aliphatic carboxylic acids is 1. The number of hydrogen-bond acceptors (Lipinski definition) is 3. The zero-order valence-corrected chi connectivity index (χ0v) is 10.8. The molecule has 1 aromatic carbocycles. The summed E-state index contributed by atoms with van der Waals surface area (Å²) < 4.78 is 5.17. The smallest absolute Gasteiger partial charge is 0.310 e. The van der Waals surface area contributed by atoms with E-state index in [0.717, 1.165) is 11.1 Å². The van der Waals surface area contributed by atoms with Crippen LogP contribution in [0, 0.1) is 0 Å². The highest BCUT2D eigenvalue weighted by Crippen LogP contribution is 2.30. The van der Waals surface area contributed by atoms with Crippen molar-refractivity contribution in [1.82, 2.24) is 5.32 Å². The summed E-state index contributed by atoms with van der Waals surface area (Å²) >= 11 is 0. The number of ether oxygens (including phenoxy) is 1. The van der Waals surface area contributed by atoms with Crippen molar-refractivity contribution in [2.45, 2.75) is 24.8 Å². The van der Waals surface area contributed by atoms with E-state index in [0.29, 0.717) is 26.0 Å². The van der Waals surface area contributed by atoms with E-state index < -0.39 is 17.4 Å². The van der Waals surface area contributed by atoms with E-state index in [1.54, 1.807) is 0 Å². The number of amides is 1. The highest BCUT2D eigenvalue weighted by molar-refractivity contribution is 5.76.